The van der Waals surface area contributed by atoms with Crippen LogP contribution in [0, 0.1) is 0 Å². The molecule has 0 fully saturated rings. The zero-order valence-electron chi connectivity index (χ0n) is 17.7. The van der Waals surface area contributed by atoms with Gasteiger partial charge in [0, 0.05) is 21.8 Å². The van der Waals surface area contributed by atoms with Crippen molar-refractivity contribution in [1.82, 2.24) is 5.43 Å². The van der Waals surface area contributed by atoms with Gasteiger partial charge in [0.15, 0.2) is 0 Å². The third-order valence-electron chi connectivity index (χ3n) is 4.32. The Kier molecular flexibility index (Phi) is 8.62. The zero-order valence-corrected chi connectivity index (χ0v) is 18.4. The predicted molar refractivity (Wildman–Crippen MR) is 129 cm³/mol. The molecule has 0 radical (unpaired) electrons. The van der Waals surface area contributed by atoms with E-state index in [0.717, 1.165) is 5.56 Å². The van der Waals surface area contributed by atoms with Crippen molar-refractivity contribution in [3.05, 3.63) is 102 Å². The number of amides is 2. The molecule has 0 aliphatic carbocycles. The lowest BCUT2D eigenvalue weighted by atomic mass is 10.2. The highest BCUT2D eigenvalue weighted by Crippen LogP contribution is 2.21. The van der Waals surface area contributed by atoms with Crippen LogP contribution in [0.2, 0.25) is 5.02 Å². The van der Waals surface area contributed by atoms with Crippen molar-refractivity contribution in [2.24, 2.45) is 5.10 Å². The first-order valence-corrected chi connectivity index (χ1v) is 10.4. The highest BCUT2D eigenvalue weighted by Gasteiger charge is 2.13. The molecule has 168 valence electrons. The number of benzene rings is 3. The molecular weight excluding hydrogens is 442 g/mol. The van der Waals surface area contributed by atoms with Crippen LogP contribution in [0.25, 0.3) is 0 Å². The lowest BCUT2D eigenvalue weighted by molar-refractivity contribution is -0.136. The van der Waals surface area contributed by atoms with E-state index in [2.05, 4.69) is 22.4 Å². The minimum absolute atomic E-state index is 0.275. The molecule has 3 aromatic rings. The van der Waals surface area contributed by atoms with E-state index in [1.807, 2.05) is 24.3 Å². The summed E-state index contributed by atoms with van der Waals surface area (Å²) in [5.41, 5.74) is 4.12. The number of carbonyl (C=O) groups excluding carboxylic acids is 2. The highest BCUT2D eigenvalue weighted by atomic mass is 35.5. The normalized spacial score (nSPS) is 10.5. The second-order valence-corrected chi connectivity index (χ2v) is 7.10. The van der Waals surface area contributed by atoms with Crippen LogP contribution < -0.4 is 20.2 Å². The van der Waals surface area contributed by atoms with E-state index in [0.29, 0.717) is 34.4 Å². The fraction of sp³-hybridized carbons (Fsp3) is 0.0800. The van der Waals surface area contributed by atoms with Crippen molar-refractivity contribution in [2.75, 3.05) is 11.9 Å². The first kappa shape index (κ1) is 23.6. The van der Waals surface area contributed by atoms with Gasteiger partial charge in [-0.1, -0.05) is 54.6 Å². The van der Waals surface area contributed by atoms with Crippen LogP contribution in [0.1, 0.15) is 11.1 Å². The van der Waals surface area contributed by atoms with Crippen molar-refractivity contribution in [3.8, 4) is 11.5 Å². The van der Waals surface area contributed by atoms with E-state index >= 15 is 0 Å². The summed E-state index contributed by atoms with van der Waals surface area (Å²) in [5.74, 6) is -0.584. The Labute approximate surface area is 196 Å². The van der Waals surface area contributed by atoms with Gasteiger partial charge in [0.05, 0.1) is 6.21 Å². The van der Waals surface area contributed by atoms with Gasteiger partial charge in [0.1, 0.15) is 24.7 Å². The molecule has 2 N–H and O–H groups in total. The SMILES string of the molecule is C=CCOc1ccc(NC(=O)C(=O)N/N=C\c2ccccc2OCc2ccccc2Cl)cc1. The van der Waals surface area contributed by atoms with Gasteiger partial charge in [-0.2, -0.15) is 5.10 Å². The zero-order chi connectivity index (χ0) is 23.5. The van der Waals surface area contributed by atoms with Crippen LogP contribution in [-0.2, 0) is 16.2 Å². The molecule has 3 aromatic carbocycles. The van der Waals surface area contributed by atoms with E-state index in [-0.39, 0.29) is 6.61 Å². The molecule has 0 aliphatic rings. The van der Waals surface area contributed by atoms with Gasteiger partial charge in [-0.05, 0) is 42.5 Å². The van der Waals surface area contributed by atoms with Gasteiger partial charge in [0.25, 0.3) is 0 Å². The summed E-state index contributed by atoms with van der Waals surface area (Å²) in [4.78, 5) is 24.2. The molecule has 0 atom stereocenters. The summed E-state index contributed by atoms with van der Waals surface area (Å²) in [5, 5.41) is 6.97. The van der Waals surface area contributed by atoms with Crippen LogP contribution in [0.4, 0.5) is 5.69 Å². The van der Waals surface area contributed by atoms with E-state index in [1.54, 1.807) is 54.6 Å². The smallest absolute Gasteiger partial charge is 0.329 e. The van der Waals surface area contributed by atoms with Crippen LogP contribution in [-0.4, -0.2) is 24.6 Å². The number of hydrogen-bond donors (Lipinski definition) is 2. The Morgan fingerprint density at radius 3 is 2.42 bits per heavy atom. The molecule has 8 heteroatoms. The highest BCUT2D eigenvalue weighted by molar-refractivity contribution is 6.39. The maximum Gasteiger partial charge on any atom is 0.329 e. The second kappa shape index (κ2) is 12.1. The maximum atomic E-state index is 12.1. The molecule has 0 heterocycles. The molecule has 33 heavy (non-hydrogen) atoms. The molecular formula is C25H22ClN3O4. The van der Waals surface area contributed by atoms with Crippen molar-refractivity contribution in [2.45, 2.75) is 6.61 Å². The Morgan fingerprint density at radius 1 is 0.939 bits per heavy atom. The van der Waals surface area contributed by atoms with Gasteiger partial charge >= 0.3 is 11.8 Å². The number of ether oxygens (including phenoxy) is 2. The first-order valence-electron chi connectivity index (χ1n) is 10.00. The van der Waals surface area contributed by atoms with Crippen LogP contribution in [0.15, 0.2) is 90.6 Å². The number of anilines is 1. The van der Waals surface area contributed by atoms with E-state index in [1.165, 1.54) is 6.21 Å². The van der Waals surface area contributed by atoms with Crippen LogP contribution in [0.5, 0.6) is 11.5 Å². The Balaban J connectivity index is 1.54. The molecule has 0 saturated carbocycles. The van der Waals surface area contributed by atoms with Gasteiger partial charge < -0.3 is 14.8 Å². The average Bonchev–Trinajstić information content (AvgIpc) is 2.83. The summed E-state index contributed by atoms with van der Waals surface area (Å²) in [6.45, 7) is 4.23. The molecule has 0 bridgehead atoms. The fourth-order valence-corrected chi connectivity index (χ4v) is 2.87. The summed E-state index contributed by atoms with van der Waals surface area (Å²) in [6.07, 6.45) is 3.03. The van der Waals surface area contributed by atoms with Gasteiger partial charge in [-0.3, -0.25) is 9.59 Å². The monoisotopic (exact) mass is 463 g/mol. The molecule has 7 nitrogen and oxygen atoms in total. The molecule has 0 saturated heterocycles. The van der Waals surface area contributed by atoms with Gasteiger partial charge in [0.2, 0.25) is 0 Å². The summed E-state index contributed by atoms with van der Waals surface area (Å²) >= 11 is 6.16. The van der Waals surface area contributed by atoms with Crippen LogP contribution >= 0.6 is 11.6 Å². The average molecular weight is 464 g/mol. The number of halogens is 1. The number of hydrogen-bond acceptors (Lipinski definition) is 5. The quantitative estimate of drug-likeness (QED) is 0.210. The summed E-state index contributed by atoms with van der Waals surface area (Å²) in [7, 11) is 0. The Morgan fingerprint density at radius 2 is 1.67 bits per heavy atom. The van der Waals surface area contributed by atoms with E-state index < -0.39 is 11.8 Å². The molecule has 0 aliphatic heterocycles. The number of para-hydroxylation sites is 1. The number of hydrazone groups is 1. The molecule has 2 amide bonds. The number of carbonyl (C=O) groups is 2. The summed E-state index contributed by atoms with van der Waals surface area (Å²) in [6, 6.07) is 21.2. The fourth-order valence-electron chi connectivity index (χ4n) is 2.68. The van der Waals surface area contributed by atoms with Crippen molar-refractivity contribution in [1.29, 1.82) is 0 Å². The van der Waals surface area contributed by atoms with Crippen LogP contribution in [0.3, 0.4) is 0 Å². The number of nitrogens with zero attached hydrogens (tertiary/aromatic N) is 1. The number of rotatable bonds is 9. The molecule has 0 aromatic heterocycles. The summed E-state index contributed by atoms with van der Waals surface area (Å²) < 4.78 is 11.2. The minimum atomic E-state index is -0.910. The lowest BCUT2D eigenvalue weighted by Gasteiger charge is -2.10. The third kappa shape index (κ3) is 7.22. The molecule has 0 spiro atoms. The largest absolute Gasteiger partial charge is 0.490 e. The third-order valence-corrected chi connectivity index (χ3v) is 4.68. The molecule has 0 unspecified atom stereocenters. The van der Waals surface area contributed by atoms with Crippen molar-refractivity contribution < 1.29 is 19.1 Å². The van der Waals surface area contributed by atoms with Gasteiger partial charge in [-0.15, -0.1) is 0 Å². The Hall–Kier alpha value is -4.10. The standard InChI is InChI=1S/C25H22ClN3O4/c1-2-15-32-21-13-11-20(12-14-21)28-24(30)25(31)29-27-16-18-7-4-6-10-23(18)33-17-19-8-3-5-9-22(19)26/h2-14,16H,1,15,17H2,(H,28,30)(H,29,31)/b27-16-. The lowest BCUT2D eigenvalue weighted by Crippen LogP contribution is -2.32. The molecule has 3 rings (SSSR count). The topological polar surface area (TPSA) is 89.0 Å². The first-order chi connectivity index (χ1) is 16.1. The maximum absolute atomic E-state index is 12.1. The van der Waals surface area contributed by atoms with E-state index in [9.17, 15) is 9.59 Å². The predicted octanol–water partition coefficient (Wildman–Crippen LogP) is 4.57. The minimum Gasteiger partial charge on any atom is -0.490 e. The van der Waals surface area contributed by atoms with Crippen molar-refractivity contribution in [3.63, 3.8) is 0 Å². The number of nitrogens with one attached hydrogen (secondary N) is 2. The van der Waals surface area contributed by atoms with E-state index in [4.69, 9.17) is 21.1 Å². The Bertz CT molecular complexity index is 1150. The second-order valence-electron chi connectivity index (χ2n) is 6.70. The van der Waals surface area contributed by atoms with Gasteiger partial charge in [-0.25, -0.2) is 5.43 Å². The van der Waals surface area contributed by atoms with Crippen molar-refractivity contribution >= 4 is 35.3 Å².